The van der Waals surface area contributed by atoms with Crippen LogP contribution in [-0.4, -0.2) is 34.0 Å². The number of hydrogen-bond acceptors (Lipinski definition) is 8. The van der Waals surface area contributed by atoms with Gasteiger partial charge in [-0.15, -0.1) is 0 Å². The molecule has 0 fully saturated rings. The lowest BCUT2D eigenvalue weighted by Gasteiger charge is -2.10. The lowest BCUT2D eigenvalue weighted by atomic mass is 10.1. The summed E-state index contributed by atoms with van der Waals surface area (Å²) in [4.78, 5) is 31.7. The molecule has 0 bridgehead atoms. The van der Waals surface area contributed by atoms with E-state index in [1.807, 2.05) is 0 Å². The van der Waals surface area contributed by atoms with E-state index < -0.39 is 11.8 Å². The maximum atomic E-state index is 12.1. The number of hydrogen-bond donors (Lipinski definition) is 1. The molecule has 0 aliphatic heterocycles. The van der Waals surface area contributed by atoms with Crippen LogP contribution >= 0.6 is 11.5 Å². The Hall–Kier alpha value is -2.81. The normalized spacial score (nSPS) is 10.9. The van der Waals surface area contributed by atoms with E-state index >= 15 is 0 Å². The minimum atomic E-state index is -0.692. The van der Waals surface area contributed by atoms with E-state index in [9.17, 15) is 9.59 Å². The van der Waals surface area contributed by atoms with Gasteiger partial charge in [0.15, 0.2) is 5.71 Å². The molecule has 2 rings (SSSR count). The summed E-state index contributed by atoms with van der Waals surface area (Å²) >= 11 is 1.06. The van der Waals surface area contributed by atoms with Crippen molar-refractivity contribution in [3.8, 4) is 10.9 Å². The molecule has 2 amide bonds. The summed E-state index contributed by atoms with van der Waals surface area (Å²) in [6.07, 6.45) is 1.36. The molecule has 0 atom stereocenters. The molecule has 9 heteroatoms. The first kappa shape index (κ1) is 15.6. The zero-order chi connectivity index (χ0) is 15.9. The average Bonchev–Trinajstić information content (AvgIpc) is 2.98. The third-order valence-corrected chi connectivity index (χ3v) is 2.91. The Morgan fingerprint density at radius 3 is 2.73 bits per heavy atom. The Morgan fingerprint density at radius 1 is 1.32 bits per heavy atom. The Labute approximate surface area is 129 Å². The van der Waals surface area contributed by atoms with Gasteiger partial charge < -0.3 is 9.57 Å². The van der Waals surface area contributed by atoms with Crippen LogP contribution in [0.25, 0.3) is 0 Å². The molecule has 1 aromatic carbocycles. The van der Waals surface area contributed by atoms with Gasteiger partial charge in [0, 0.05) is 18.5 Å². The quantitative estimate of drug-likeness (QED) is 0.659. The topological polar surface area (TPSA) is 103 Å². The number of ether oxygens (including phenoxy) is 1. The summed E-state index contributed by atoms with van der Waals surface area (Å²) in [6, 6.07) is 6.69. The molecule has 0 unspecified atom stereocenters. The number of carbonyl (C=O) groups is 2. The van der Waals surface area contributed by atoms with Crippen LogP contribution in [0, 0.1) is 0 Å². The number of oxime groups is 1. The van der Waals surface area contributed by atoms with Gasteiger partial charge in [0.2, 0.25) is 5.91 Å². The van der Waals surface area contributed by atoms with Crippen molar-refractivity contribution in [2.45, 2.75) is 6.92 Å². The van der Waals surface area contributed by atoms with Gasteiger partial charge in [0.05, 0.1) is 5.56 Å². The van der Waals surface area contributed by atoms with Crippen LogP contribution in [0.4, 0.5) is 0 Å². The van der Waals surface area contributed by atoms with Crippen LogP contribution in [0.2, 0.25) is 0 Å². The number of carbonyl (C=O) groups excluding carboxylic acids is 2. The highest BCUT2D eigenvalue weighted by molar-refractivity contribution is 7.07. The third kappa shape index (κ3) is 3.85. The van der Waals surface area contributed by atoms with E-state index in [-0.39, 0.29) is 5.71 Å². The fraction of sp³-hybridized carbons (Fsp3) is 0.154. The van der Waals surface area contributed by atoms with Crippen molar-refractivity contribution < 1.29 is 19.2 Å². The van der Waals surface area contributed by atoms with Crippen LogP contribution in [0.15, 0.2) is 35.7 Å². The predicted octanol–water partition coefficient (Wildman–Crippen LogP) is 1.34. The third-order valence-electron chi connectivity index (χ3n) is 2.37. The average molecular weight is 320 g/mol. The Balaban J connectivity index is 2.37. The molecule has 1 N–H and O–H groups in total. The number of imide groups is 1. The fourth-order valence-corrected chi connectivity index (χ4v) is 1.98. The molecule has 8 nitrogen and oxygen atoms in total. The van der Waals surface area contributed by atoms with Gasteiger partial charge in [-0.05, 0) is 12.1 Å². The molecule has 22 heavy (non-hydrogen) atoms. The molecule has 114 valence electrons. The summed E-state index contributed by atoms with van der Waals surface area (Å²) in [5, 5.41) is 6.14. The van der Waals surface area contributed by atoms with Gasteiger partial charge in [-0.3, -0.25) is 14.9 Å². The van der Waals surface area contributed by atoms with Gasteiger partial charge in [-0.25, -0.2) is 0 Å². The van der Waals surface area contributed by atoms with Gasteiger partial charge in [0.1, 0.15) is 19.2 Å². The largest absolute Gasteiger partial charge is 0.429 e. The molecule has 0 radical (unpaired) electrons. The van der Waals surface area contributed by atoms with Crippen LogP contribution < -0.4 is 10.1 Å². The summed E-state index contributed by atoms with van der Waals surface area (Å²) in [5.74, 6) is -0.854. The molecule has 0 aliphatic rings. The van der Waals surface area contributed by atoms with Crippen molar-refractivity contribution in [3.05, 3.63) is 36.2 Å². The standard InChI is InChI=1S/C13H12N4O4S/c1-8(18)16-12(19)11(17-20-2)9-5-3-4-6-10(9)21-13-14-7-15-22-13/h3-7H,1-2H3,(H,16,18,19)/b17-11+. The molecular weight excluding hydrogens is 308 g/mol. The van der Waals surface area contributed by atoms with Crippen LogP contribution in [-0.2, 0) is 14.4 Å². The number of rotatable bonds is 5. The number of nitrogens with zero attached hydrogens (tertiary/aromatic N) is 3. The van der Waals surface area contributed by atoms with Crippen molar-refractivity contribution in [3.63, 3.8) is 0 Å². The minimum absolute atomic E-state index is 0.0854. The Bertz CT molecular complexity index is 700. The zero-order valence-corrected chi connectivity index (χ0v) is 12.6. The van der Waals surface area contributed by atoms with E-state index in [4.69, 9.17) is 4.74 Å². The number of benzene rings is 1. The summed E-state index contributed by atoms with van der Waals surface area (Å²) in [6.45, 7) is 1.23. The van der Waals surface area contributed by atoms with Crippen molar-refractivity contribution in [2.24, 2.45) is 5.16 Å². The lowest BCUT2D eigenvalue weighted by Crippen LogP contribution is -2.35. The second-order valence-electron chi connectivity index (χ2n) is 3.94. The molecule has 0 spiro atoms. The summed E-state index contributed by atoms with van der Waals surface area (Å²) in [7, 11) is 1.30. The van der Waals surface area contributed by atoms with E-state index in [0.717, 1.165) is 11.5 Å². The van der Waals surface area contributed by atoms with Crippen LogP contribution in [0.3, 0.4) is 0 Å². The van der Waals surface area contributed by atoms with Crippen molar-refractivity contribution >= 4 is 29.1 Å². The molecule has 0 saturated carbocycles. The summed E-state index contributed by atoms with van der Waals surface area (Å²) in [5.41, 5.74) is 0.274. The molecule has 1 heterocycles. The summed E-state index contributed by atoms with van der Waals surface area (Å²) < 4.78 is 9.41. The van der Waals surface area contributed by atoms with Crippen LogP contribution in [0.1, 0.15) is 12.5 Å². The van der Waals surface area contributed by atoms with Gasteiger partial charge in [-0.2, -0.15) is 9.36 Å². The number of nitrogens with one attached hydrogen (secondary N) is 1. The Kier molecular flexibility index (Phi) is 5.15. The monoisotopic (exact) mass is 320 g/mol. The van der Waals surface area contributed by atoms with E-state index in [0.29, 0.717) is 16.5 Å². The van der Waals surface area contributed by atoms with E-state index in [2.05, 4.69) is 24.7 Å². The molecule has 0 saturated heterocycles. The number of amides is 2. The van der Waals surface area contributed by atoms with Crippen molar-refractivity contribution in [1.82, 2.24) is 14.7 Å². The molecule has 0 aliphatic carbocycles. The highest BCUT2D eigenvalue weighted by Crippen LogP contribution is 2.26. The van der Waals surface area contributed by atoms with E-state index in [1.54, 1.807) is 24.3 Å². The molecule has 2 aromatic rings. The SMILES string of the molecule is CO/N=C(/C(=O)NC(C)=O)c1ccccc1Oc1ncns1. The molecule has 1 aromatic heterocycles. The number of aromatic nitrogens is 2. The van der Waals surface area contributed by atoms with Gasteiger partial charge >= 0.3 is 0 Å². The predicted molar refractivity (Wildman–Crippen MR) is 78.8 cm³/mol. The first-order valence-electron chi connectivity index (χ1n) is 6.08. The molecular formula is C13H12N4O4S. The first-order chi connectivity index (χ1) is 10.6. The van der Waals surface area contributed by atoms with Gasteiger partial charge in [0.25, 0.3) is 11.1 Å². The maximum Gasteiger partial charge on any atom is 0.298 e. The van der Waals surface area contributed by atoms with Crippen molar-refractivity contribution in [1.29, 1.82) is 0 Å². The lowest BCUT2D eigenvalue weighted by molar-refractivity contribution is -0.125. The van der Waals surface area contributed by atoms with E-state index in [1.165, 1.54) is 20.4 Å². The highest BCUT2D eigenvalue weighted by Gasteiger charge is 2.21. The fourth-order valence-electron chi connectivity index (χ4n) is 1.58. The second-order valence-corrected chi connectivity index (χ2v) is 4.68. The zero-order valence-electron chi connectivity index (χ0n) is 11.8. The van der Waals surface area contributed by atoms with Crippen LogP contribution in [0.5, 0.6) is 10.9 Å². The Morgan fingerprint density at radius 2 is 2.09 bits per heavy atom. The first-order valence-corrected chi connectivity index (χ1v) is 6.86. The van der Waals surface area contributed by atoms with Crippen molar-refractivity contribution in [2.75, 3.05) is 7.11 Å². The smallest absolute Gasteiger partial charge is 0.298 e. The minimum Gasteiger partial charge on any atom is -0.429 e. The maximum absolute atomic E-state index is 12.1. The number of para-hydroxylation sites is 1. The second kappa shape index (κ2) is 7.27. The van der Waals surface area contributed by atoms with Gasteiger partial charge in [-0.1, -0.05) is 17.3 Å². The highest BCUT2D eigenvalue weighted by atomic mass is 32.1.